The van der Waals surface area contributed by atoms with Crippen LogP contribution in [0.1, 0.15) is 292 Å². The zero-order chi connectivity index (χ0) is 75.4. The molecular weight excluding hydrogens is 1190 g/mol. The van der Waals surface area contributed by atoms with Crippen LogP contribution in [0.15, 0.2) is 97.6 Å². The molecule has 2 heterocycles. The van der Waals surface area contributed by atoms with E-state index in [2.05, 4.69) is 238 Å². The van der Waals surface area contributed by atoms with Gasteiger partial charge < -0.3 is 37.2 Å². The van der Waals surface area contributed by atoms with Crippen LogP contribution < -0.4 is 43.8 Å². The number of aromatic nitrogens is 3. The third-order valence-electron chi connectivity index (χ3n) is 10.7. The highest BCUT2D eigenvalue weighted by atomic mass is 32.2. The SMILES string of the molecule is CC.CC(C)C.CC(C)C.CCC.CCC(C)C.CCC(C)C.CCC(N)=O.CCCC(=O)[O-].CCCC(N)=O.CCCCC[NH3+].CCCC[NH+]=C(N)N.CCCSC.CCc1c[nH+]c[nH]1.CCc1c[nH]c2ccccc12.CCc1ccc(O)cc1.CCc1ccccc1. The first-order valence-electron chi connectivity index (χ1n) is 36.0. The monoisotopic (exact) mass is 1350 g/mol. The number of H-pyrrole nitrogens is 3. The molecule has 0 aliphatic carbocycles. The predicted octanol–water partition coefficient (Wildman–Crippen LogP) is 17.2. The fourth-order valence-corrected chi connectivity index (χ4v) is 5.29. The molecule has 15 heteroatoms. The summed E-state index contributed by atoms with van der Waals surface area (Å²) in [6.45, 7) is 57.0. The molecule has 0 unspecified atom stereocenters. The third kappa shape index (κ3) is 131. The number of phenols is 1. The van der Waals surface area contributed by atoms with Gasteiger partial charge in [0.15, 0.2) is 0 Å². The number of guanidine groups is 1. The molecule has 0 aliphatic heterocycles. The number of quaternary nitrogens is 1. The summed E-state index contributed by atoms with van der Waals surface area (Å²) in [6.07, 6.45) is 26.4. The van der Waals surface area contributed by atoms with Gasteiger partial charge in [-0.1, -0.05) is 279 Å². The molecule has 0 spiro atoms. The maximum Gasteiger partial charge on any atom is 0.338 e. The molecule has 2 aromatic heterocycles. The molecule has 16 N–H and O–H groups in total. The van der Waals surface area contributed by atoms with Crippen LogP contribution >= 0.6 is 11.8 Å². The lowest BCUT2D eigenvalue weighted by Gasteiger charge is -1.93. The minimum absolute atomic E-state index is 0.181. The Morgan fingerprint density at radius 3 is 1.23 bits per heavy atom. The van der Waals surface area contributed by atoms with Gasteiger partial charge in [0.2, 0.25) is 18.1 Å². The summed E-state index contributed by atoms with van der Waals surface area (Å²) in [4.78, 5) is 40.9. The highest BCUT2D eigenvalue weighted by Gasteiger charge is 1.98. The Balaban J connectivity index is -0.0000000881. The van der Waals surface area contributed by atoms with Crippen LogP contribution in [-0.4, -0.2) is 63.9 Å². The second kappa shape index (κ2) is 98.3. The number of unbranched alkanes of at least 4 members (excludes halogenated alkanes) is 3. The van der Waals surface area contributed by atoms with E-state index in [0.29, 0.717) is 31.0 Å². The van der Waals surface area contributed by atoms with E-state index in [1.165, 1.54) is 90.4 Å². The maximum atomic E-state index is 9.82. The van der Waals surface area contributed by atoms with E-state index in [9.17, 15) is 19.5 Å². The Morgan fingerprint density at radius 1 is 0.574 bits per heavy atom. The molecule has 3 aromatic carbocycles. The molecule has 94 heavy (non-hydrogen) atoms. The van der Waals surface area contributed by atoms with E-state index in [1.54, 1.807) is 26.0 Å². The zero-order valence-corrected chi connectivity index (χ0v) is 67.2. The van der Waals surface area contributed by atoms with Gasteiger partial charge in [-0.15, -0.1) is 0 Å². The van der Waals surface area contributed by atoms with Gasteiger partial charge in [-0.2, -0.15) is 11.8 Å². The van der Waals surface area contributed by atoms with Crippen molar-refractivity contribution in [3.8, 4) is 5.75 Å². The minimum atomic E-state index is -0.961. The van der Waals surface area contributed by atoms with Gasteiger partial charge in [0.1, 0.15) is 17.6 Å². The van der Waals surface area contributed by atoms with Crippen LogP contribution in [0.2, 0.25) is 0 Å². The van der Waals surface area contributed by atoms with Crippen molar-refractivity contribution in [2.24, 2.45) is 46.6 Å². The lowest BCUT2D eigenvalue weighted by atomic mass is 10.1. The quantitative estimate of drug-likeness (QED) is 0.0217. The van der Waals surface area contributed by atoms with E-state index in [4.69, 9.17) is 22.3 Å². The number of aliphatic carboxylic acids is 1. The van der Waals surface area contributed by atoms with Gasteiger partial charge >= 0.3 is 5.96 Å². The Morgan fingerprint density at radius 2 is 1.00 bits per heavy atom. The summed E-state index contributed by atoms with van der Waals surface area (Å²) < 4.78 is 0. The number of hydrogen-bond acceptors (Lipinski definition) is 6. The lowest BCUT2D eigenvalue weighted by molar-refractivity contribution is -0.459. The van der Waals surface area contributed by atoms with Crippen LogP contribution in [0.4, 0.5) is 0 Å². The van der Waals surface area contributed by atoms with E-state index in [-0.39, 0.29) is 18.2 Å². The third-order valence-corrected chi connectivity index (χ3v) is 11.5. The van der Waals surface area contributed by atoms with Gasteiger partial charge in [-0.05, 0) is 128 Å². The number of carboxylic acids is 1. The first kappa shape index (κ1) is 113. The van der Waals surface area contributed by atoms with Crippen LogP contribution in [0.3, 0.4) is 0 Å². The highest BCUT2D eigenvalue weighted by Crippen LogP contribution is 2.17. The topological polar surface area (TPSA) is 286 Å². The average molecular weight is 1350 g/mol. The number of nitrogens with two attached hydrogens (primary N) is 4. The van der Waals surface area contributed by atoms with Crippen LogP contribution in [0.5, 0.6) is 5.75 Å². The number of fused-ring (bicyclic) bond motifs is 1. The van der Waals surface area contributed by atoms with Gasteiger partial charge in [-0.3, -0.25) is 31.0 Å². The fourth-order valence-electron chi connectivity index (χ4n) is 4.88. The fraction of sp³-hybridized carbons (Fsp3) is 0.658. The maximum absolute atomic E-state index is 9.82. The Kier molecular flexibility index (Phi) is 118. The highest BCUT2D eigenvalue weighted by molar-refractivity contribution is 7.98. The number of carbonyl (C=O) groups is 3. The van der Waals surface area contributed by atoms with Crippen molar-refractivity contribution in [3.63, 3.8) is 0 Å². The van der Waals surface area contributed by atoms with E-state index in [0.717, 1.165) is 75.3 Å². The van der Waals surface area contributed by atoms with Crippen LogP contribution in [0.25, 0.3) is 10.9 Å². The van der Waals surface area contributed by atoms with E-state index < -0.39 is 5.97 Å². The van der Waals surface area contributed by atoms with E-state index in [1.807, 2.05) is 63.3 Å². The lowest BCUT2D eigenvalue weighted by Crippen LogP contribution is -2.78. The van der Waals surface area contributed by atoms with Crippen LogP contribution in [0, 0.1) is 23.7 Å². The van der Waals surface area contributed by atoms with Crippen molar-refractivity contribution in [3.05, 3.63) is 120 Å². The number of primary amides is 2. The number of aryl methyl sites for hydroxylation is 4. The molecule has 0 fully saturated rings. The number of rotatable bonds is 19. The second-order valence-electron chi connectivity index (χ2n) is 23.3. The Bertz CT molecular complexity index is 2100. The van der Waals surface area contributed by atoms with Crippen molar-refractivity contribution in [2.45, 2.75) is 296 Å². The number of carbonyl (C=O) groups excluding carboxylic acids is 3. The molecule has 0 radical (unpaired) electrons. The van der Waals surface area contributed by atoms with Crippen molar-refractivity contribution in [2.75, 3.05) is 25.1 Å². The number of benzene rings is 3. The largest absolute Gasteiger partial charge is 0.550 e. The molecule has 0 saturated heterocycles. The number of phenolic OH excluding ortho intramolecular Hbond substituents is 1. The summed E-state index contributed by atoms with van der Waals surface area (Å²) in [6, 6.07) is 26.1. The van der Waals surface area contributed by atoms with Gasteiger partial charge in [0, 0.05) is 42.3 Å². The molecule has 554 valence electrons. The van der Waals surface area contributed by atoms with Crippen molar-refractivity contribution in [1.82, 2.24) is 9.97 Å². The normalized spacial score (nSPS) is 8.85. The molecule has 2 amide bonds. The van der Waals surface area contributed by atoms with Crippen molar-refractivity contribution < 1.29 is 40.3 Å². The average Bonchev–Trinajstić information content (AvgIpc) is 1.74. The van der Waals surface area contributed by atoms with Gasteiger partial charge in [0.25, 0.3) is 0 Å². The number of nitrogens with one attached hydrogen (secondary N) is 4. The summed E-state index contributed by atoms with van der Waals surface area (Å²) in [5.74, 6) is 3.98. The van der Waals surface area contributed by atoms with Crippen LogP contribution in [-0.2, 0) is 40.1 Å². The van der Waals surface area contributed by atoms with Crippen molar-refractivity contribution >= 4 is 46.4 Å². The number of imidazole rings is 1. The molecular formula is C79H159N9O5S+2. The number of para-hydroxylation sites is 1. The second-order valence-corrected chi connectivity index (χ2v) is 24.3. The zero-order valence-electron chi connectivity index (χ0n) is 66.4. The summed E-state index contributed by atoms with van der Waals surface area (Å²) >= 11 is 1.90. The van der Waals surface area contributed by atoms with E-state index >= 15 is 0 Å². The Hall–Kier alpha value is -5.80. The van der Waals surface area contributed by atoms with Gasteiger partial charge in [-0.25, -0.2) is 4.98 Å². The Labute approximate surface area is 586 Å². The molecule has 5 aromatic rings. The smallest absolute Gasteiger partial charge is 0.338 e. The molecule has 5 rings (SSSR count). The predicted molar refractivity (Wildman–Crippen MR) is 420 cm³/mol. The first-order chi connectivity index (χ1) is 44.4. The summed E-state index contributed by atoms with van der Waals surface area (Å²) in [5, 5.41) is 19.7. The number of aromatic hydroxyl groups is 1. The molecule has 14 nitrogen and oxygen atoms in total. The number of amides is 2. The molecule has 0 aliphatic rings. The van der Waals surface area contributed by atoms with Crippen molar-refractivity contribution in [1.29, 1.82) is 0 Å². The minimum Gasteiger partial charge on any atom is -0.550 e. The number of carboxylic acid groups (broad SMARTS) is 1. The molecule has 0 saturated carbocycles. The molecule has 0 atom stereocenters. The number of aromatic amines is 3. The number of thioether (sulfide) groups is 1. The summed E-state index contributed by atoms with van der Waals surface area (Å²) in [7, 11) is 0. The van der Waals surface area contributed by atoms with Gasteiger partial charge in [0.05, 0.1) is 13.1 Å². The number of hydrogen-bond donors (Lipinski definition) is 9. The summed E-state index contributed by atoms with van der Waals surface area (Å²) in [5.41, 5.74) is 29.9. The first-order valence-corrected chi connectivity index (χ1v) is 37.4. The molecule has 0 bridgehead atoms. The standard InChI is InChI=1S/C10H11N.C8H10O.C8H10.C5H13N3.C5H8N2.C5H13N.2C5H12.C4H9NO.C4H8O2.C4H10S.2C4H10.C3H7NO.C3H8.C2H6/c1-2-8-7-11-10-6-4-3-5-9(8)10;1-2-7-3-5-8(9)6-4-7;1-2-8-6-4-3-5-7-8;1-2-3-4-8-5(6)7;1-2-5-3-6-4-7-5;1-2-3-4-5-6;2*1-4-5(2)3;2*1-2-3-4(5)6;1-3-4-5-2;2*1-4(2)3;1-2-3(4)5;1-3-2;1-2/h3-7,11H,2H2,1H3;3-6,9H,2H2,1H3;3-7H,2H2,1H3;2-4H2,1H3,(H4,6,7,8);3-4H,2H2,1H3,(H,6,7);2-6H2,1H3;2*5H,4H2,1-3H3;2-3H2,1H3,(H2,5,6);2-3H2,1H3,(H,5,6);3-4H2,1-2H3;2*4H,1-3H3;2H2,1H3,(H2,4,5);3H2,1-2H3;1-2H3/p+2.